The quantitative estimate of drug-likeness (QED) is 0.0859. The smallest absolute Gasteiger partial charge is 1.00 e. The van der Waals surface area contributed by atoms with Crippen molar-refractivity contribution in [2.45, 2.75) is 91.9 Å². The van der Waals surface area contributed by atoms with Crippen molar-refractivity contribution >= 4 is 28.8 Å². The Morgan fingerprint density at radius 1 is 0.476 bits per heavy atom. The Hall–Kier alpha value is -1.19. The SMILES string of the molecule is CCCCc1ccc([Si](c2ccc(CCCC)cc2)(c2ccc(CCCC)cc2)[c-]2ccc(CC)c2)cc1.[Cl-].[Cl-].[Cl-].[Ti+4]. The summed E-state index contributed by atoms with van der Waals surface area (Å²) in [7, 11) is -2.46. The predicted molar refractivity (Wildman–Crippen MR) is 171 cm³/mol. The molecule has 0 saturated carbocycles. The molecule has 0 atom stereocenters. The largest absolute Gasteiger partial charge is 4.00 e. The molecule has 0 fully saturated rings. The van der Waals surface area contributed by atoms with Crippen molar-refractivity contribution in [1.82, 2.24) is 0 Å². The van der Waals surface area contributed by atoms with Gasteiger partial charge in [-0.1, -0.05) is 142 Å². The minimum absolute atomic E-state index is 0. The Morgan fingerprint density at radius 3 is 1.07 bits per heavy atom. The Kier molecular flexibility index (Phi) is 20.1. The van der Waals surface area contributed by atoms with Crippen LogP contribution in [-0.4, -0.2) is 8.07 Å². The van der Waals surface area contributed by atoms with Gasteiger partial charge >= 0.3 is 21.7 Å². The number of rotatable bonds is 14. The second-order valence-corrected chi connectivity index (χ2v) is 14.8. The van der Waals surface area contributed by atoms with Gasteiger partial charge in [-0.15, -0.1) is 5.19 Å². The first kappa shape index (κ1) is 40.8. The van der Waals surface area contributed by atoms with Crippen LogP contribution in [0.15, 0.2) is 91.0 Å². The molecule has 0 bridgehead atoms. The molecule has 0 amide bonds. The topological polar surface area (TPSA) is 0 Å². The average molecular weight is 674 g/mol. The molecule has 0 unspecified atom stereocenters. The van der Waals surface area contributed by atoms with Crippen LogP contribution in [0.1, 0.15) is 88.5 Å². The van der Waals surface area contributed by atoms with Gasteiger partial charge in [0.1, 0.15) is 8.07 Å². The summed E-state index contributed by atoms with van der Waals surface area (Å²) in [5.74, 6) is 0. The van der Waals surface area contributed by atoms with Crippen LogP contribution in [0.2, 0.25) is 0 Å². The molecule has 0 aliphatic rings. The molecule has 0 aliphatic carbocycles. The van der Waals surface area contributed by atoms with E-state index in [1.807, 2.05) is 0 Å². The van der Waals surface area contributed by atoms with E-state index in [0.717, 1.165) is 6.42 Å². The van der Waals surface area contributed by atoms with Crippen molar-refractivity contribution in [3.63, 3.8) is 0 Å². The maximum atomic E-state index is 2.51. The van der Waals surface area contributed by atoms with Crippen LogP contribution in [0.3, 0.4) is 0 Å². The van der Waals surface area contributed by atoms with Crippen LogP contribution in [0, 0.1) is 0 Å². The average Bonchev–Trinajstić information content (AvgIpc) is 3.46. The first-order valence-electron chi connectivity index (χ1n) is 15.2. The van der Waals surface area contributed by atoms with Crippen LogP contribution < -0.4 is 58.0 Å². The molecule has 4 aromatic rings. The fourth-order valence-electron chi connectivity index (χ4n) is 5.85. The van der Waals surface area contributed by atoms with E-state index in [2.05, 4.69) is 119 Å². The molecule has 0 saturated heterocycles. The van der Waals surface area contributed by atoms with Gasteiger partial charge < -0.3 is 37.2 Å². The summed E-state index contributed by atoms with van der Waals surface area (Å²) in [6.07, 6.45) is 12.1. The van der Waals surface area contributed by atoms with E-state index in [1.165, 1.54) is 101 Å². The molecule has 4 rings (SSSR count). The van der Waals surface area contributed by atoms with Gasteiger partial charge in [0.15, 0.2) is 0 Å². The number of aryl methyl sites for hydroxylation is 4. The normalized spacial score (nSPS) is 10.6. The van der Waals surface area contributed by atoms with Crippen molar-refractivity contribution in [3.8, 4) is 0 Å². The van der Waals surface area contributed by atoms with E-state index in [4.69, 9.17) is 0 Å². The fraction of sp³-hybridized carbons (Fsp3) is 0.378. The summed E-state index contributed by atoms with van der Waals surface area (Å²) >= 11 is 0. The fourth-order valence-corrected chi connectivity index (χ4v) is 10.6. The molecule has 5 heteroatoms. The summed E-state index contributed by atoms with van der Waals surface area (Å²) in [6, 6.07) is 36.5. The van der Waals surface area contributed by atoms with Crippen LogP contribution >= 0.6 is 0 Å². The van der Waals surface area contributed by atoms with Gasteiger partial charge in [0.25, 0.3) is 0 Å². The van der Waals surface area contributed by atoms with E-state index in [9.17, 15) is 0 Å². The van der Waals surface area contributed by atoms with E-state index >= 15 is 0 Å². The molecule has 0 N–H and O–H groups in total. The molecule has 0 aliphatic heterocycles. The van der Waals surface area contributed by atoms with Crippen molar-refractivity contribution < 1.29 is 58.9 Å². The molecule has 0 nitrogen and oxygen atoms in total. The zero-order chi connectivity index (χ0) is 26.8. The maximum Gasteiger partial charge on any atom is 4.00 e. The van der Waals surface area contributed by atoms with Crippen molar-refractivity contribution in [1.29, 1.82) is 0 Å². The number of unbranched alkanes of at least 4 members (excludes halogenated alkanes) is 3. The summed E-state index contributed by atoms with van der Waals surface area (Å²) < 4.78 is 0. The number of benzene rings is 3. The van der Waals surface area contributed by atoms with Gasteiger partial charge in [-0.3, -0.25) is 0 Å². The molecule has 42 heavy (non-hydrogen) atoms. The Labute approximate surface area is 291 Å². The van der Waals surface area contributed by atoms with Crippen molar-refractivity contribution in [3.05, 3.63) is 113 Å². The Morgan fingerprint density at radius 2 is 0.810 bits per heavy atom. The zero-order valence-corrected chi connectivity index (χ0v) is 30.7. The van der Waals surface area contributed by atoms with Gasteiger partial charge in [0.05, 0.1) is 0 Å². The molecule has 0 spiro atoms. The molecular weight excluding hydrogens is 627 g/mol. The van der Waals surface area contributed by atoms with E-state index in [1.54, 1.807) is 0 Å². The van der Waals surface area contributed by atoms with Gasteiger partial charge in [-0.2, -0.15) is 17.7 Å². The summed E-state index contributed by atoms with van der Waals surface area (Å²) in [4.78, 5) is 0. The second-order valence-electron chi connectivity index (χ2n) is 11.0. The van der Waals surface area contributed by atoms with Crippen molar-refractivity contribution in [2.24, 2.45) is 0 Å². The maximum absolute atomic E-state index is 2.51. The van der Waals surface area contributed by atoms with Gasteiger partial charge in [0, 0.05) is 0 Å². The minimum Gasteiger partial charge on any atom is -1.00 e. The third kappa shape index (κ3) is 9.65. The molecule has 0 radical (unpaired) electrons. The summed E-state index contributed by atoms with van der Waals surface area (Å²) in [6.45, 7) is 9.11. The van der Waals surface area contributed by atoms with Crippen LogP contribution in [0.25, 0.3) is 0 Å². The van der Waals surface area contributed by atoms with E-state index in [0.29, 0.717) is 0 Å². The molecular formula is C37H47Cl3SiTi. The van der Waals surface area contributed by atoms with Crippen LogP contribution in [0.5, 0.6) is 0 Å². The van der Waals surface area contributed by atoms with Crippen molar-refractivity contribution in [2.75, 3.05) is 0 Å². The minimum atomic E-state index is -2.46. The van der Waals surface area contributed by atoms with Gasteiger partial charge in [-0.05, 0) is 55.2 Å². The Balaban J connectivity index is 0.00000420. The van der Waals surface area contributed by atoms with E-state index < -0.39 is 8.07 Å². The molecule has 224 valence electrons. The monoisotopic (exact) mass is 672 g/mol. The standard InChI is InChI=1S/C37H47Si.3ClH.Ti/c1-5-9-12-31-16-22-34(23-17-31)38(37-28-15-30(8-4)29-37,35-24-18-32(19-25-35)13-10-6-2)36-26-20-33(21-27-36)14-11-7-3;;;;/h15-29H,5-14H2,1-4H3;3*1H;/q-1;;;;+4/p-3. The van der Waals surface area contributed by atoms with Crippen LogP contribution in [-0.2, 0) is 47.4 Å². The Bertz CT molecular complexity index is 1120. The van der Waals surface area contributed by atoms with Gasteiger partial charge in [-0.25, -0.2) is 6.07 Å². The van der Waals surface area contributed by atoms with Gasteiger partial charge in [0.2, 0.25) is 0 Å². The number of halogens is 3. The first-order valence-corrected chi connectivity index (χ1v) is 17.2. The molecule has 0 aromatic heterocycles. The zero-order valence-electron chi connectivity index (χ0n) is 25.9. The molecule has 4 aromatic carbocycles. The van der Waals surface area contributed by atoms with Crippen LogP contribution in [0.4, 0.5) is 0 Å². The number of hydrogen-bond donors (Lipinski definition) is 0. The second kappa shape index (κ2) is 20.7. The third-order valence-electron chi connectivity index (χ3n) is 8.28. The predicted octanol–water partition coefficient (Wildman–Crippen LogP) is -1.62. The van der Waals surface area contributed by atoms with E-state index in [-0.39, 0.29) is 58.9 Å². The number of hydrogen-bond acceptors (Lipinski definition) is 0. The first-order chi connectivity index (χ1) is 18.6. The summed E-state index contributed by atoms with van der Waals surface area (Å²) in [5.41, 5.74) is 5.82. The third-order valence-corrected chi connectivity index (χ3v) is 13.1. The molecule has 0 heterocycles. The summed E-state index contributed by atoms with van der Waals surface area (Å²) in [5, 5.41) is 5.99.